The maximum absolute atomic E-state index is 5.88. The summed E-state index contributed by atoms with van der Waals surface area (Å²) in [6.07, 6.45) is 3.82. The number of rotatable bonds is 3. The molecule has 0 N–H and O–H groups in total. The molecule has 1 aromatic rings. The Balaban J connectivity index is 3.06. The third-order valence-electron chi connectivity index (χ3n) is 2.05. The molecule has 0 amide bonds. The summed E-state index contributed by atoms with van der Waals surface area (Å²) in [6.45, 7) is 4.25. The molecule has 0 saturated carbocycles. The number of nitrogens with zero attached hydrogens (tertiary/aromatic N) is 1. The van der Waals surface area contributed by atoms with E-state index in [1.54, 1.807) is 6.20 Å². The zero-order valence-corrected chi connectivity index (χ0v) is 12.5. The molecule has 0 saturated heterocycles. The lowest BCUT2D eigenvalue weighted by atomic mass is 10.0. The largest absolute Gasteiger partial charge is 0.255 e. The van der Waals surface area contributed by atoms with Gasteiger partial charge >= 0.3 is 0 Å². The average molecular weight is 353 g/mol. The molecule has 15 heavy (non-hydrogen) atoms. The number of pyridine rings is 1. The van der Waals surface area contributed by atoms with Gasteiger partial charge in [0.2, 0.25) is 0 Å². The van der Waals surface area contributed by atoms with Crippen molar-refractivity contribution in [2.75, 3.05) is 5.88 Å². The average Bonchev–Trinajstić information content (AvgIpc) is 2.16. The van der Waals surface area contributed by atoms with Crippen LogP contribution in [0.2, 0.25) is 0 Å². The molecule has 0 spiro atoms. The van der Waals surface area contributed by atoms with Crippen LogP contribution in [0.15, 0.2) is 26.8 Å². The van der Waals surface area contributed by atoms with E-state index in [9.17, 15) is 0 Å². The lowest BCUT2D eigenvalue weighted by Gasteiger charge is -2.08. The highest BCUT2D eigenvalue weighted by Crippen LogP contribution is 2.23. The van der Waals surface area contributed by atoms with Gasteiger partial charge in [0, 0.05) is 21.0 Å². The maximum atomic E-state index is 5.88. The van der Waals surface area contributed by atoms with Crippen molar-refractivity contribution in [1.29, 1.82) is 0 Å². The number of hydrogen-bond acceptors (Lipinski definition) is 1. The lowest BCUT2D eigenvalue weighted by molar-refractivity contribution is 0.777. The molecule has 1 rings (SSSR count). The molecule has 0 aliphatic carbocycles. The van der Waals surface area contributed by atoms with Crippen LogP contribution in [-0.4, -0.2) is 10.9 Å². The molecule has 82 valence electrons. The van der Waals surface area contributed by atoms with Crippen molar-refractivity contribution in [3.8, 4) is 0 Å². The summed E-state index contributed by atoms with van der Waals surface area (Å²) in [6, 6.07) is 1.98. The third kappa shape index (κ3) is 3.89. The molecule has 0 atom stereocenters. The second kappa shape index (κ2) is 6.02. The maximum Gasteiger partial charge on any atom is 0.0772 e. The highest BCUT2D eigenvalue weighted by atomic mass is 79.9. The highest BCUT2D eigenvalue weighted by molar-refractivity contribution is 9.11. The molecule has 0 bridgehead atoms. The summed E-state index contributed by atoms with van der Waals surface area (Å²) in [7, 11) is 0. The van der Waals surface area contributed by atoms with Crippen LogP contribution >= 0.6 is 43.5 Å². The number of hydrogen-bond donors (Lipinski definition) is 0. The van der Waals surface area contributed by atoms with Crippen molar-refractivity contribution in [1.82, 2.24) is 4.98 Å². The summed E-state index contributed by atoms with van der Waals surface area (Å²) in [4.78, 5) is 4.32. The predicted octanol–water partition coefficient (Wildman–Crippen LogP) is 4.88. The fourth-order valence-corrected chi connectivity index (χ4v) is 2.55. The summed E-state index contributed by atoms with van der Waals surface area (Å²) in [5.74, 6) is 0.988. The number of halogens is 3. The van der Waals surface area contributed by atoms with Crippen LogP contribution in [0.1, 0.15) is 19.5 Å². The van der Waals surface area contributed by atoms with Crippen LogP contribution in [0, 0.1) is 5.92 Å². The van der Waals surface area contributed by atoms with E-state index in [0.29, 0.717) is 11.8 Å². The molecular formula is C11H12Br2ClN. The molecule has 1 nitrogen and oxygen atoms in total. The Hall–Kier alpha value is 0.140. The Kier molecular flexibility index (Phi) is 5.30. The zero-order chi connectivity index (χ0) is 11.4. The first-order chi connectivity index (χ1) is 7.04. The third-order valence-corrected chi connectivity index (χ3v) is 3.43. The molecule has 0 aliphatic heterocycles. The SMILES string of the molecule is CC(C)C(=Cc1ncc(Br)cc1Br)CCl. The van der Waals surface area contributed by atoms with E-state index in [4.69, 9.17) is 11.6 Å². The van der Waals surface area contributed by atoms with Crippen LogP contribution in [0.4, 0.5) is 0 Å². The van der Waals surface area contributed by atoms with Gasteiger partial charge in [0.1, 0.15) is 0 Å². The van der Waals surface area contributed by atoms with Gasteiger partial charge in [-0.1, -0.05) is 19.4 Å². The van der Waals surface area contributed by atoms with Crippen molar-refractivity contribution in [3.05, 3.63) is 32.5 Å². The fraction of sp³-hybridized carbons (Fsp3) is 0.364. The molecule has 1 heterocycles. The first-order valence-corrected chi connectivity index (χ1v) is 6.74. The van der Waals surface area contributed by atoms with E-state index in [0.717, 1.165) is 14.6 Å². The second-order valence-electron chi connectivity index (χ2n) is 3.53. The molecule has 1 aromatic heterocycles. The van der Waals surface area contributed by atoms with Gasteiger partial charge in [-0.05, 0) is 49.9 Å². The van der Waals surface area contributed by atoms with E-state index in [-0.39, 0.29) is 0 Å². The Bertz CT molecular complexity index is 375. The number of allylic oxidation sites excluding steroid dienone is 1. The monoisotopic (exact) mass is 351 g/mol. The van der Waals surface area contributed by atoms with Crippen molar-refractivity contribution >= 4 is 49.5 Å². The zero-order valence-electron chi connectivity index (χ0n) is 8.60. The second-order valence-corrected chi connectivity index (χ2v) is 5.57. The van der Waals surface area contributed by atoms with Crippen molar-refractivity contribution in [2.24, 2.45) is 5.92 Å². The quantitative estimate of drug-likeness (QED) is 0.706. The summed E-state index contributed by atoms with van der Waals surface area (Å²) in [5.41, 5.74) is 2.11. The minimum atomic E-state index is 0.444. The molecule has 4 heteroatoms. The van der Waals surface area contributed by atoms with Crippen molar-refractivity contribution in [2.45, 2.75) is 13.8 Å². The van der Waals surface area contributed by atoms with Gasteiger partial charge in [0.25, 0.3) is 0 Å². The minimum Gasteiger partial charge on any atom is -0.255 e. The first kappa shape index (κ1) is 13.2. The van der Waals surface area contributed by atoms with Crippen molar-refractivity contribution < 1.29 is 0 Å². The smallest absolute Gasteiger partial charge is 0.0772 e. The molecule has 0 aliphatic rings. The number of alkyl halides is 1. The van der Waals surface area contributed by atoms with Crippen LogP contribution in [0.3, 0.4) is 0 Å². The minimum absolute atomic E-state index is 0.444. The van der Waals surface area contributed by atoms with Crippen molar-refractivity contribution in [3.63, 3.8) is 0 Å². The lowest BCUT2D eigenvalue weighted by Crippen LogP contribution is -1.96. The van der Waals surface area contributed by atoms with E-state index in [1.807, 2.05) is 12.1 Å². The summed E-state index contributed by atoms with van der Waals surface area (Å²) in [5, 5.41) is 0. The Morgan fingerprint density at radius 2 is 2.20 bits per heavy atom. The standard InChI is InChI=1S/C11H12Br2ClN/c1-7(2)8(5-14)3-11-10(13)4-9(12)6-15-11/h3-4,6-7H,5H2,1-2H3. The van der Waals surface area contributed by atoms with Gasteiger partial charge in [0.05, 0.1) is 5.69 Å². The van der Waals surface area contributed by atoms with Gasteiger partial charge in [-0.2, -0.15) is 0 Å². The first-order valence-electron chi connectivity index (χ1n) is 4.62. The highest BCUT2D eigenvalue weighted by Gasteiger charge is 2.05. The Morgan fingerprint density at radius 3 is 2.67 bits per heavy atom. The van der Waals surface area contributed by atoms with E-state index >= 15 is 0 Å². The van der Waals surface area contributed by atoms with Crippen LogP contribution < -0.4 is 0 Å². The fourth-order valence-electron chi connectivity index (χ4n) is 1.07. The summed E-state index contributed by atoms with van der Waals surface area (Å²) >= 11 is 12.7. The van der Waals surface area contributed by atoms with Gasteiger partial charge in [-0.25, -0.2) is 0 Å². The topological polar surface area (TPSA) is 12.9 Å². The number of aromatic nitrogens is 1. The Labute approximate surface area is 112 Å². The van der Waals surface area contributed by atoms with Gasteiger partial charge in [-0.15, -0.1) is 11.6 Å². The van der Waals surface area contributed by atoms with Crippen LogP contribution in [0.5, 0.6) is 0 Å². The molecule has 0 radical (unpaired) electrons. The molecule has 0 fully saturated rings. The van der Waals surface area contributed by atoms with Gasteiger partial charge in [-0.3, -0.25) is 4.98 Å². The molecular weight excluding hydrogens is 341 g/mol. The predicted molar refractivity (Wildman–Crippen MR) is 73.2 cm³/mol. The van der Waals surface area contributed by atoms with E-state index in [2.05, 4.69) is 50.7 Å². The van der Waals surface area contributed by atoms with Gasteiger partial charge in [0.15, 0.2) is 0 Å². The van der Waals surface area contributed by atoms with Crippen LogP contribution in [0.25, 0.3) is 6.08 Å². The summed E-state index contributed by atoms with van der Waals surface area (Å²) < 4.78 is 1.93. The van der Waals surface area contributed by atoms with Gasteiger partial charge < -0.3 is 0 Å². The molecule has 0 aromatic carbocycles. The molecule has 0 unspecified atom stereocenters. The normalized spacial score (nSPS) is 12.3. The van der Waals surface area contributed by atoms with E-state index < -0.39 is 0 Å². The van der Waals surface area contributed by atoms with Crippen LogP contribution in [-0.2, 0) is 0 Å². The Morgan fingerprint density at radius 1 is 1.53 bits per heavy atom. The van der Waals surface area contributed by atoms with E-state index in [1.165, 1.54) is 5.57 Å².